The molecule has 0 saturated carbocycles. The van der Waals surface area contributed by atoms with Crippen molar-refractivity contribution >= 4 is 26.8 Å². The predicted molar refractivity (Wildman–Crippen MR) is 99.1 cm³/mol. The number of sulfonamides is 1. The maximum atomic E-state index is 12.1. The van der Waals surface area contributed by atoms with Gasteiger partial charge in [0.15, 0.2) is 5.78 Å². The van der Waals surface area contributed by atoms with Gasteiger partial charge in [-0.3, -0.25) is 4.79 Å². The van der Waals surface area contributed by atoms with Crippen LogP contribution in [0, 0.1) is 13.8 Å². The van der Waals surface area contributed by atoms with E-state index in [0.717, 1.165) is 5.56 Å². The SMILES string of the molecule is COc1ccc(-c2cc3c(C(C)=O)c(C)oc3cc2C)c(S(N)(=O)=O)c1. The average molecular weight is 373 g/mol. The summed E-state index contributed by atoms with van der Waals surface area (Å²) in [5.74, 6) is 0.808. The lowest BCUT2D eigenvalue weighted by atomic mass is 9.96. The number of benzene rings is 2. The number of Topliss-reactive ketones (excluding diaryl/α,β-unsaturated/α-hetero) is 1. The monoisotopic (exact) mass is 373 g/mol. The Hall–Kier alpha value is -2.64. The molecule has 0 bridgehead atoms. The number of nitrogens with two attached hydrogens (primary N) is 1. The number of furan rings is 1. The van der Waals surface area contributed by atoms with Crippen LogP contribution in [0.15, 0.2) is 39.6 Å². The molecule has 1 aromatic heterocycles. The molecule has 0 aliphatic heterocycles. The third-order valence-electron chi connectivity index (χ3n) is 4.35. The van der Waals surface area contributed by atoms with Crippen LogP contribution in [0.5, 0.6) is 5.75 Å². The number of ketones is 1. The van der Waals surface area contributed by atoms with Gasteiger partial charge < -0.3 is 9.15 Å². The molecule has 3 rings (SSSR count). The molecule has 136 valence electrons. The number of carbonyl (C=O) groups is 1. The van der Waals surface area contributed by atoms with Gasteiger partial charge in [0, 0.05) is 17.0 Å². The van der Waals surface area contributed by atoms with Gasteiger partial charge in [-0.15, -0.1) is 0 Å². The van der Waals surface area contributed by atoms with Crippen molar-refractivity contribution < 1.29 is 22.4 Å². The fourth-order valence-electron chi connectivity index (χ4n) is 3.18. The Bertz CT molecular complexity index is 1140. The first-order valence-corrected chi connectivity index (χ1v) is 9.44. The minimum Gasteiger partial charge on any atom is -0.497 e. The lowest BCUT2D eigenvalue weighted by Gasteiger charge is -2.12. The van der Waals surface area contributed by atoms with Crippen LogP contribution in [0.4, 0.5) is 0 Å². The number of methoxy groups -OCH3 is 1. The molecule has 6 nitrogen and oxygen atoms in total. The van der Waals surface area contributed by atoms with Crippen LogP contribution < -0.4 is 9.88 Å². The highest BCUT2D eigenvalue weighted by molar-refractivity contribution is 7.89. The Labute approximate surface area is 151 Å². The fourth-order valence-corrected chi connectivity index (χ4v) is 3.95. The number of aryl methyl sites for hydroxylation is 2. The Kier molecular flexibility index (Phi) is 4.37. The summed E-state index contributed by atoms with van der Waals surface area (Å²) < 4.78 is 35.0. The van der Waals surface area contributed by atoms with Crippen LogP contribution in [0.25, 0.3) is 22.1 Å². The minimum absolute atomic E-state index is 0.0381. The van der Waals surface area contributed by atoms with Gasteiger partial charge in [-0.25, -0.2) is 13.6 Å². The molecule has 0 atom stereocenters. The second kappa shape index (κ2) is 6.26. The van der Waals surface area contributed by atoms with Gasteiger partial charge in [-0.1, -0.05) is 0 Å². The van der Waals surface area contributed by atoms with Crippen molar-refractivity contribution in [3.05, 3.63) is 47.2 Å². The highest BCUT2D eigenvalue weighted by Crippen LogP contribution is 2.37. The Morgan fingerprint density at radius 2 is 1.81 bits per heavy atom. The van der Waals surface area contributed by atoms with Crippen molar-refractivity contribution in [2.24, 2.45) is 5.14 Å². The lowest BCUT2D eigenvalue weighted by molar-refractivity contribution is 0.101. The van der Waals surface area contributed by atoms with Crippen molar-refractivity contribution in [2.45, 2.75) is 25.7 Å². The molecule has 3 aromatic rings. The normalized spacial score (nSPS) is 11.7. The molecule has 0 amide bonds. The van der Waals surface area contributed by atoms with Gasteiger partial charge in [-0.2, -0.15) is 0 Å². The maximum absolute atomic E-state index is 12.1. The molecule has 0 aliphatic carbocycles. The van der Waals surface area contributed by atoms with E-state index >= 15 is 0 Å². The molecular weight excluding hydrogens is 354 g/mol. The highest BCUT2D eigenvalue weighted by Gasteiger charge is 2.21. The van der Waals surface area contributed by atoms with Crippen molar-refractivity contribution in [1.29, 1.82) is 0 Å². The molecule has 0 fully saturated rings. The highest BCUT2D eigenvalue weighted by atomic mass is 32.2. The summed E-state index contributed by atoms with van der Waals surface area (Å²) in [5, 5.41) is 6.05. The topological polar surface area (TPSA) is 99.6 Å². The average Bonchev–Trinajstić information content (AvgIpc) is 2.87. The van der Waals surface area contributed by atoms with Crippen LogP contribution >= 0.6 is 0 Å². The molecule has 0 unspecified atom stereocenters. The first-order chi connectivity index (χ1) is 12.1. The minimum atomic E-state index is -3.98. The van der Waals surface area contributed by atoms with Crippen LogP contribution in [0.2, 0.25) is 0 Å². The Morgan fingerprint density at radius 3 is 2.38 bits per heavy atom. The first-order valence-electron chi connectivity index (χ1n) is 7.89. The fraction of sp³-hybridized carbons (Fsp3) is 0.211. The zero-order valence-corrected chi connectivity index (χ0v) is 15.7. The molecule has 2 aromatic carbocycles. The number of fused-ring (bicyclic) bond motifs is 1. The van der Waals surface area contributed by atoms with E-state index in [1.54, 1.807) is 31.2 Å². The zero-order valence-electron chi connectivity index (χ0n) is 14.9. The molecule has 0 aliphatic rings. The third kappa shape index (κ3) is 3.00. The van der Waals surface area contributed by atoms with Gasteiger partial charge in [0.05, 0.1) is 17.6 Å². The maximum Gasteiger partial charge on any atom is 0.238 e. The van der Waals surface area contributed by atoms with E-state index in [1.807, 2.05) is 6.92 Å². The van der Waals surface area contributed by atoms with E-state index < -0.39 is 10.0 Å². The molecule has 0 spiro atoms. The molecule has 2 N–H and O–H groups in total. The van der Waals surface area contributed by atoms with E-state index in [2.05, 4.69) is 0 Å². The van der Waals surface area contributed by atoms with E-state index in [-0.39, 0.29) is 10.7 Å². The summed E-state index contributed by atoms with van der Waals surface area (Å²) >= 11 is 0. The Morgan fingerprint density at radius 1 is 1.12 bits per heavy atom. The third-order valence-corrected chi connectivity index (χ3v) is 5.30. The zero-order chi connectivity index (χ0) is 19.2. The summed E-state index contributed by atoms with van der Waals surface area (Å²) in [7, 11) is -2.52. The number of rotatable bonds is 4. The summed E-state index contributed by atoms with van der Waals surface area (Å²) in [5.41, 5.74) is 2.98. The van der Waals surface area contributed by atoms with Crippen molar-refractivity contribution in [1.82, 2.24) is 0 Å². The van der Waals surface area contributed by atoms with Gasteiger partial charge in [-0.05, 0) is 56.2 Å². The van der Waals surface area contributed by atoms with Crippen molar-refractivity contribution in [3.63, 3.8) is 0 Å². The molecule has 7 heteroatoms. The summed E-state index contributed by atoms with van der Waals surface area (Å²) in [4.78, 5) is 12.0. The standard InChI is InChI=1S/C19H19NO5S/c1-10-7-17-16(19(11(2)21)12(3)25-17)9-15(10)14-6-5-13(24-4)8-18(14)26(20,22)23/h5-9H,1-4H3,(H2,20,22,23). The summed E-state index contributed by atoms with van der Waals surface area (Å²) in [6.45, 7) is 5.05. The molecule has 26 heavy (non-hydrogen) atoms. The van der Waals surface area contributed by atoms with E-state index in [4.69, 9.17) is 14.3 Å². The van der Waals surface area contributed by atoms with Gasteiger partial charge in [0.25, 0.3) is 0 Å². The molecular formula is C19H19NO5S. The summed E-state index contributed by atoms with van der Waals surface area (Å²) in [6, 6.07) is 8.27. The predicted octanol–water partition coefficient (Wildman–Crippen LogP) is 3.58. The number of hydrogen-bond donors (Lipinski definition) is 1. The van der Waals surface area contributed by atoms with E-state index in [0.29, 0.717) is 39.2 Å². The number of hydrogen-bond acceptors (Lipinski definition) is 5. The van der Waals surface area contributed by atoms with Crippen molar-refractivity contribution in [3.8, 4) is 16.9 Å². The van der Waals surface area contributed by atoms with Crippen molar-refractivity contribution in [2.75, 3.05) is 7.11 Å². The Balaban J connectivity index is 2.37. The second-order valence-electron chi connectivity index (χ2n) is 6.16. The van der Waals surface area contributed by atoms with E-state index in [1.165, 1.54) is 20.1 Å². The molecule has 1 heterocycles. The second-order valence-corrected chi connectivity index (χ2v) is 7.69. The number of ether oxygens (including phenoxy) is 1. The van der Waals surface area contributed by atoms with E-state index in [9.17, 15) is 13.2 Å². The number of carbonyl (C=O) groups excluding carboxylic acids is 1. The summed E-state index contributed by atoms with van der Waals surface area (Å²) in [6.07, 6.45) is 0. The van der Waals surface area contributed by atoms with Gasteiger partial charge >= 0.3 is 0 Å². The van der Waals surface area contributed by atoms with Gasteiger partial charge in [0.1, 0.15) is 17.1 Å². The first kappa shape index (κ1) is 18.2. The van der Waals surface area contributed by atoms with Crippen LogP contribution in [0.1, 0.15) is 28.6 Å². The van der Waals surface area contributed by atoms with Crippen LogP contribution in [-0.4, -0.2) is 21.3 Å². The van der Waals surface area contributed by atoms with Crippen LogP contribution in [-0.2, 0) is 10.0 Å². The largest absolute Gasteiger partial charge is 0.497 e. The molecule has 0 saturated heterocycles. The number of primary sulfonamides is 1. The quantitative estimate of drug-likeness (QED) is 0.705. The van der Waals surface area contributed by atoms with Gasteiger partial charge in [0.2, 0.25) is 10.0 Å². The lowest BCUT2D eigenvalue weighted by Crippen LogP contribution is -2.13. The molecule has 0 radical (unpaired) electrons. The smallest absolute Gasteiger partial charge is 0.238 e. The van der Waals surface area contributed by atoms with Crippen LogP contribution in [0.3, 0.4) is 0 Å².